The van der Waals surface area contributed by atoms with Crippen LogP contribution >= 0.6 is 24.2 Å². The predicted octanol–water partition coefficient (Wildman–Crippen LogP) is -0.126. The van der Waals surface area contributed by atoms with Crippen LogP contribution in [0, 0.1) is 0 Å². The fourth-order valence-corrected chi connectivity index (χ4v) is 2.23. The van der Waals surface area contributed by atoms with Crippen LogP contribution in [0.3, 0.4) is 0 Å². The molecule has 5 nitrogen and oxygen atoms in total. The third-order valence-corrected chi connectivity index (χ3v) is 3.12. The Morgan fingerprint density at radius 3 is 3.00 bits per heavy atom. The van der Waals surface area contributed by atoms with Gasteiger partial charge >= 0.3 is 5.97 Å². The Morgan fingerprint density at radius 1 is 1.69 bits per heavy atom. The average Bonchev–Trinajstić information content (AvgIpc) is 2.34. The van der Waals surface area contributed by atoms with Gasteiger partial charge in [-0.15, -0.1) is 12.4 Å². The van der Waals surface area contributed by atoms with Crippen molar-refractivity contribution in [2.75, 3.05) is 31.2 Å². The van der Waals surface area contributed by atoms with Crippen LogP contribution < -0.4 is 5.73 Å². The molecule has 0 saturated carbocycles. The summed E-state index contributed by atoms with van der Waals surface area (Å²) in [6, 6.07) is -0.494. The molecule has 7 heteroatoms. The second-order valence-corrected chi connectivity index (χ2v) is 4.40. The van der Waals surface area contributed by atoms with Crippen molar-refractivity contribution in [1.29, 1.82) is 0 Å². The topological polar surface area (TPSA) is 72.6 Å². The molecule has 94 valence electrons. The minimum absolute atomic E-state index is 0. The Morgan fingerprint density at radius 2 is 2.38 bits per heavy atom. The summed E-state index contributed by atoms with van der Waals surface area (Å²) >= 11 is 1.63. The van der Waals surface area contributed by atoms with Gasteiger partial charge in [0, 0.05) is 18.1 Å². The van der Waals surface area contributed by atoms with E-state index >= 15 is 0 Å². The zero-order valence-corrected chi connectivity index (χ0v) is 10.8. The summed E-state index contributed by atoms with van der Waals surface area (Å²) in [5.74, 6) is 0.912. The molecular weight excluding hydrogens is 252 g/mol. The van der Waals surface area contributed by atoms with Gasteiger partial charge in [-0.25, -0.2) is 0 Å². The lowest BCUT2D eigenvalue weighted by Gasteiger charge is -2.20. The molecular formula is C9H17ClN2O3S. The summed E-state index contributed by atoms with van der Waals surface area (Å²) in [4.78, 5) is 24.4. The van der Waals surface area contributed by atoms with Gasteiger partial charge in [-0.1, -0.05) is 0 Å². The first-order chi connectivity index (χ1) is 7.15. The molecule has 1 fully saturated rings. The van der Waals surface area contributed by atoms with Gasteiger partial charge in [-0.2, -0.15) is 11.8 Å². The number of hydrogen-bond donors (Lipinski definition) is 1. The molecule has 0 aliphatic carbocycles. The molecule has 2 N–H and O–H groups in total. The number of halogens is 1. The quantitative estimate of drug-likeness (QED) is 0.722. The Bertz CT molecular complexity index is 253. The monoisotopic (exact) mass is 268 g/mol. The van der Waals surface area contributed by atoms with E-state index in [0.717, 1.165) is 5.75 Å². The van der Waals surface area contributed by atoms with Crippen molar-refractivity contribution >= 4 is 36.0 Å². The summed E-state index contributed by atoms with van der Waals surface area (Å²) in [6.45, 7) is 2.66. The van der Waals surface area contributed by atoms with Crippen molar-refractivity contribution in [1.82, 2.24) is 4.90 Å². The number of carbonyl (C=O) groups excluding carboxylic acids is 2. The molecule has 1 aliphatic rings. The molecule has 1 atom stereocenters. The van der Waals surface area contributed by atoms with Gasteiger partial charge in [0.2, 0.25) is 5.91 Å². The van der Waals surface area contributed by atoms with Gasteiger partial charge < -0.3 is 15.4 Å². The largest absolute Gasteiger partial charge is 0.465 e. The highest BCUT2D eigenvalue weighted by Gasteiger charge is 2.25. The number of nitrogens with zero attached hydrogens (tertiary/aromatic N) is 1. The third kappa shape index (κ3) is 4.59. The van der Waals surface area contributed by atoms with Crippen LogP contribution in [-0.2, 0) is 14.3 Å². The van der Waals surface area contributed by atoms with Crippen LogP contribution in [0.4, 0.5) is 0 Å². The van der Waals surface area contributed by atoms with Crippen molar-refractivity contribution in [3.8, 4) is 0 Å². The molecule has 0 spiro atoms. The summed E-state index contributed by atoms with van der Waals surface area (Å²) in [5.41, 5.74) is 5.65. The van der Waals surface area contributed by atoms with Gasteiger partial charge in [0.1, 0.15) is 6.54 Å². The Hall–Kier alpha value is -0.460. The number of ether oxygens (including phenoxy) is 1. The highest BCUT2D eigenvalue weighted by Crippen LogP contribution is 2.10. The van der Waals surface area contributed by atoms with Crippen molar-refractivity contribution in [3.05, 3.63) is 0 Å². The van der Waals surface area contributed by atoms with E-state index in [4.69, 9.17) is 10.5 Å². The van der Waals surface area contributed by atoms with E-state index < -0.39 is 6.04 Å². The number of esters is 1. The fourth-order valence-electron chi connectivity index (χ4n) is 1.32. The average molecular weight is 269 g/mol. The van der Waals surface area contributed by atoms with Crippen molar-refractivity contribution in [2.24, 2.45) is 5.73 Å². The number of hydrogen-bond acceptors (Lipinski definition) is 5. The van der Waals surface area contributed by atoms with Crippen LogP contribution in [0.25, 0.3) is 0 Å². The molecule has 1 saturated heterocycles. The van der Waals surface area contributed by atoms with E-state index in [1.807, 2.05) is 0 Å². The lowest BCUT2D eigenvalue weighted by atomic mass is 10.3. The minimum Gasteiger partial charge on any atom is -0.465 e. The molecule has 0 bridgehead atoms. The molecule has 1 aliphatic heterocycles. The van der Waals surface area contributed by atoms with E-state index in [-0.39, 0.29) is 30.8 Å². The maximum Gasteiger partial charge on any atom is 0.325 e. The Labute approximate surface area is 105 Å². The summed E-state index contributed by atoms with van der Waals surface area (Å²) in [7, 11) is 0. The molecule has 1 heterocycles. The molecule has 0 aromatic heterocycles. The minimum atomic E-state index is -0.494. The predicted molar refractivity (Wildman–Crippen MR) is 65.8 cm³/mol. The second-order valence-electron chi connectivity index (χ2n) is 3.25. The maximum absolute atomic E-state index is 11.7. The standard InChI is InChI=1S/C9H16N2O3S.ClH/c1-2-14-8(12)5-11-3-4-15-6-7(10)9(11)13;/h7H,2-6,10H2,1H3;1H. The summed E-state index contributed by atoms with van der Waals surface area (Å²) in [5, 5.41) is 0. The zero-order valence-electron chi connectivity index (χ0n) is 9.18. The smallest absolute Gasteiger partial charge is 0.325 e. The van der Waals surface area contributed by atoms with Crippen LogP contribution in [-0.4, -0.2) is 54.0 Å². The summed E-state index contributed by atoms with van der Waals surface area (Å²) < 4.78 is 4.79. The van der Waals surface area contributed by atoms with Gasteiger partial charge in [0.15, 0.2) is 0 Å². The number of carbonyl (C=O) groups is 2. The lowest BCUT2D eigenvalue weighted by molar-refractivity contribution is -0.148. The Balaban J connectivity index is 0.00000225. The first-order valence-corrected chi connectivity index (χ1v) is 6.08. The van der Waals surface area contributed by atoms with Crippen molar-refractivity contribution in [3.63, 3.8) is 0 Å². The molecule has 0 aromatic carbocycles. The SMILES string of the molecule is CCOC(=O)CN1CCSCC(N)C1=O.Cl. The molecule has 0 radical (unpaired) electrons. The molecule has 1 amide bonds. The number of amides is 1. The van der Waals surface area contributed by atoms with Gasteiger partial charge in [0.25, 0.3) is 0 Å². The number of rotatable bonds is 3. The van der Waals surface area contributed by atoms with Crippen LogP contribution in [0.1, 0.15) is 6.92 Å². The molecule has 1 unspecified atom stereocenters. The van der Waals surface area contributed by atoms with E-state index in [1.165, 1.54) is 4.90 Å². The first kappa shape index (κ1) is 15.5. The van der Waals surface area contributed by atoms with Crippen molar-refractivity contribution in [2.45, 2.75) is 13.0 Å². The highest BCUT2D eigenvalue weighted by molar-refractivity contribution is 7.99. The highest BCUT2D eigenvalue weighted by atomic mass is 35.5. The molecule has 0 aromatic rings. The van der Waals surface area contributed by atoms with Crippen molar-refractivity contribution < 1.29 is 14.3 Å². The van der Waals surface area contributed by atoms with E-state index in [0.29, 0.717) is 18.9 Å². The Kier molecular flexibility index (Phi) is 7.53. The van der Waals surface area contributed by atoms with E-state index in [2.05, 4.69) is 0 Å². The third-order valence-electron chi connectivity index (χ3n) is 2.06. The lowest BCUT2D eigenvalue weighted by Crippen LogP contribution is -2.46. The normalized spacial score (nSPS) is 21.0. The van der Waals surface area contributed by atoms with E-state index in [1.54, 1.807) is 18.7 Å². The van der Waals surface area contributed by atoms with Gasteiger partial charge in [0.05, 0.1) is 12.6 Å². The summed E-state index contributed by atoms with van der Waals surface area (Å²) in [6.07, 6.45) is 0. The zero-order chi connectivity index (χ0) is 11.3. The second kappa shape index (κ2) is 7.76. The van der Waals surface area contributed by atoms with Gasteiger partial charge in [-0.05, 0) is 6.92 Å². The van der Waals surface area contributed by atoms with Gasteiger partial charge in [-0.3, -0.25) is 9.59 Å². The maximum atomic E-state index is 11.7. The first-order valence-electron chi connectivity index (χ1n) is 4.93. The molecule has 1 rings (SSSR count). The van der Waals surface area contributed by atoms with Crippen LogP contribution in [0.5, 0.6) is 0 Å². The van der Waals surface area contributed by atoms with Crippen LogP contribution in [0.2, 0.25) is 0 Å². The fraction of sp³-hybridized carbons (Fsp3) is 0.778. The van der Waals surface area contributed by atoms with E-state index in [9.17, 15) is 9.59 Å². The number of nitrogens with two attached hydrogens (primary N) is 1. The molecule has 16 heavy (non-hydrogen) atoms. The number of thioether (sulfide) groups is 1. The van der Waals surface area contributed by atoms with Crippen LogP contribution in [0.15, 0.2) is 0 Å².